The zero-order valence-electron chi connectivity index (χ0n) is 19.3. The molecule has 2 saturated carbocycles. The summed E-state index contributed by atoms with van der Waals surface area (Å²) in [6.07, 6.45) is 18.4. The number of Topliss-reactive ketones (excluding diaryl/α,β-unsaturated/α-hetero) is 1. The highest BCUT2D eigenvalue weighted by molar-refractivity contribution is 5.81. The number of rotatable bonds is 10. The largest absolute Gasteiger partial charge is 0.353 e. The molecule has 0 radical (unpaired) electrons. The number of fused-ring (bicyclic) bond motifs is 1. The summed E-state index contributed by atoms with van der Waals surface area (Å²) >= 11 is 0. The van der Waals surface area contributed by atoms with Crippen molar-refractivity contribution in [3.8, 4) is 0 Å². The van der Waals surface area contributed by atoms with Gasteiger partial charge in [-0.15, -0.1) is 0 Å². The van der Waals surface area contributed by atoms with E-state index in [4.69, 9.17) is 18.9 Å². The zero-order valence-corrected chi connectivity index (χ0v) is 19.3. The van der Waals surface area contributed by atoms with Crippen LogP contribution in [0.3, 0.4) is 0 Å². The lowest BCUT2D eigenvalue weighted by Gasteiger charge is -2.30. The van der Waals surface area contributed by atoms with E-state index in [1.165, 1.54) is 32.1 Å². The van der Waals surface area contributed by atoms with Crippen LogP contribution in [0.15, 0.2) is 12.2 Å². The summed E-state index contributed by atoms with van der Waals surface area (Å²) in [5.74, 6) is 1.59. The number of unbranched alkanes of at least 4 members (excludes halogenated alkanes) is 2. The van der Waals surface area contributed by atoms with Crippen LogP contribution in [0.5, 0.6) is 0 Å². The van der Waals surface area contributed by atoms with Gasteiger partial charge in [-0.2, -0.15) is 0 Å². The lowest BCUT2D eigenvalue weighted by atomic mass is 9.90. The Balaban J connectivity index is 1.41. The lowest BCUT2D eigenvalue weighted by molar-refractivity contribution is -0.193. The first-order valence-corrected chi connectivity index (χ1v) is 13.0. The van der Waals surface area contributed by atoms with E-state index >= 15 is 0 Å². The summed E-state index contributed by atoms with van der Waals surface area (Å²) in [6, 6.07) is 0. The molecule has 31 heavy (non-hydrogen) atoms. The van der Waals surface area contributed by atoms with Crippen molar-refractivity contribution in [3.05, 3.63) is 12.2 Å². The van der Waals surface area contributed by atoms with Gasteiger partial charge in [-0.05, 0) is 63.2 Å². The number of carbonyl (C=O) groups excluding carboxylic acids is 1. The molecule has 4 rings (SSSR count). The second-order valence-corrected chi connectivity index (χ2v) is 10.0. The highest BCUT2D eigenvalue weighted by Crippen LogP contribution is 2.48. The summed E-state index contributed by atoms with van der Waals surface area (Å²) in [6.45, 7) is 3.85. The lowest BCUT2D eigenvalue weighted by Crippen LogP contribution is -2.31. The van der Waals surface area contributed by atoms with Crippen molar-refractivity contribution in [1.82, 2.24) is 0 Å². The van der Waals surface area contributed by atoms with Crippen LogP contribution in [0.25, 0.3) is 0 Å². The molecule has 0 amide bonds. The van der Waals surface area contributed by atoms with Gasteiger partial charge < -0.3 is 18.9 Å². The third-order valence-corrected chi connectivity index (χ3v) is 7.59. The fourth-order valence-corrected chi connectivity index (χ4v) is 5.89. The van der Waals surface area contributed by atoms with E-state index in [0.717, 1.165) is 58.2 Å². The second kappa shape index (κ2) is 11.9. The predicted molar refractivity (Wildman–Crippen MR) is 120 cm³/mol. The molecule has 2 heterocycles. The fourth-order valence-electron chi connectivity index (χ4n) is 5.89. The molecule has 176 valence electrons. The van der Waals surface area contributed by atoms with Crippen LogP contribution in [0.1, 0.15) is 90.4 Å². The van der Waals surface area contributed by atoms with Crippen LogP contribution in [0.4, 0.5) is 0 Å². The topological polar surface area (TPSA) is 54.0 Å². The monoisotopic (exact) mass is 434 g/mol. The quantitative estimate of drug-likeness (QED) is 0.333. The normalized spacial score (nSPS) is 37.4. The highest BCUT2D eigenvalue weighted by atomic mass is 16.7. The molecule has 5 heteroatoms. The number of carbonyl (C=O) groups is 1. The molecular formula is C26H42O5. The third kappa shape index (κ3) is 6.63. The van der Waals surface area contributed by atoms with Crippen molar-refractivity contribution >= 4 is 5.78 Å². The number of ether oxygens (including phenoxy) is 4. The maximum atomic E-state index is 12.1. The molecule has 7 atom stereocenters. The van der Waals surface area contributed by atoms with Gasteiger partial charge in [0.2, 0.25) is 0 Å². The molecule has 0 N–H and O–H groups in total. The smallest absolute Gasteiger partial charge is 0.158 e. The summed E-state index contributed by atoms with van der Waals surface area (Å²) in [5, 5.41) is 0. The molecule has 0 aromatic heterocycles. The molecular weight excluding hydrogens is 392 g/mol. The standard InChI is InChI=1S/C26H42O5/c1-2-3-4-9-21(30-25-10-5-7-14-28-25)12-13-22-23-18-20(27)16-19(23)17-24(22)31-26-11-6-8-15-29-26/h12-13,19,21-26H,2-11,14-18H2,1H3/t19-,21+,22-,23+,24-,25?,26?/m1/s1. The molecule has 0 aromatic carbocycles. The molecule has 4 fully saturated rings. The molecule has 2 aliphatic carbocycles. The Morgan fingerprint density at radius 1 is 1.03 bits per heavy atom. The summed E-state index contributed by atoms with van der Waals surface area (Å²) in [5.41, 5.74) is 0. The molecule has 2 saturated heterocycles. The Bertz CT molecular complexity index is 578. The molecule has 5 nitrogen and oxygen atoms in total. The maximum absolute atomic E-state index is 12.1. The minimum Gasteiger partial charge on any atom is -0.353 e. The van der Waals surface area contributed by atoms with Crippen LogP contribution in [0.2, 0.25) is 0 Å². The molecule has 0 spiro atoms. The van der Waals surface area contributed by atoms with Gasteiger partial charge in [0.15, 0.2) is 12.6 Å². The van der Waals surface area contributed by atoms with Crippen molar-refractivity contribution in [2.75, 3.05) is 13.2 Å². The van der Waals surface area contributed by atoms with Crippen molar-refractivity contribution in [2.45, 2.75) is 115 Å². The summed E-state index contributed by atoms with van der Waals surface area (Å²) < 4.78 is 24.6. The van der Waals surface area contributed by atoms with E-state index < -0.39 is 0 Å². The van der Waals surface area contributed by atoms with Gasteiger partial charge in [0.1, 0.15) is 5.78 Å². The first-order valence-electron chi connectivity index (χ1n) is 13.0. The minimum absolute atomic E-state index is 0.0721. The third-order valence-electron chi connectivity index (χ3n) is 7.59. The van der Waals surface area contributed by atoms with E-state index in [1.807, 2.05) is 0 Å². The predicted octanol–water partition coefficient (Wildman–Crippen LogP) is 5.56. The number of hydrogen-bond donors (Lipinski definition) is 0. The SMILES string of the molecule is CCCCC[C@@H](C=C[C@@H]1[C@H]2CC(=O)C[C@@H]2C[C@H]1OC1CCCCO1)OC1CCCCO1. The second-order valence-electron chi connectivity index (χ2n) is 10.0. The molecule has 0 bridgehead atoms. The summed E-state index contributed by atoms with van der Waals surface area (Å²) in [4.78, 5) is 12.1. The Morgan fingerprint density at radius 2 is 1.81 bits per heavy atom. The molecule has 2 unspecified atom stereocenters. The number of ketones is 1. The van der Waals surface area contributed by atoms with Crippen LogP contribution >= 0.6 is 0 Å². The van der Waals surface area contributed by atoms with Gasteiger partial charge in [0, 0.05) is 32.0 Å². The molecule has 4 aliphatic rings. The fraction of sp³-hybridized carbons (Fsp3) is 0.885. The average molecular weight is 435 g/mol. The van der Waals surface area contributed by atoms with Crippen molar-refractivity contribution < 1.29 is 23.7 Å². The van der Waals surface area contributed by atoms with E-state index in [2.05, 4.69) is 19.1 Å². The van der Waals surface area contributed by atoms with E-state index in [-0.39, 0.29) is 30.7 Å². The van der Waals surface area contributed by atoms with E-state index in [0.29, 0.717) is 24.0 Å². The number of hydrogen-bond acceptors (Lipinski definition) is 5. The first kappa shape index (κ1) is 23.4. The Kier molecular flexibility index (Phi) is 9.00. The Morgan fingerprint density at radius 3 is 2.52 bits per heavy atom. The van der Waals surface area contributed by atoms with Crippen LogP contribution in [0, 0.1) is 17.8 Å². The van der Waals surface area contributed by atoms with Crippen molar-refractivity contribution in [3.63, 3.8) is 0 Å². The van der Waals surface area contributed by atoms with E-state index in [9.17, 15) is 4.79 Å². The molecule has 2 aliphatic heterocycles. The van der Waals surface area contributed by atoms with Gasteiger partial charge in [-0.25, -0.2) is 0 Å². The van der Waals surface area contributed by atoms with Crippen LogP contribution in [-0.4, -0.2) is 43.8 Å². The van der Waals surface area contributed by atoms with Gasteiger partial charge in [0.25, 0.3) is 0 Å². The van der Waals surface area contributed by atoms with Crippen molar-refractivity contribution in [1.29, 1.82) is 0 Å². The Labute approximate surface area is 188 Å². The Hall–Kier alpha value is -0.750. The first-order chi connectivity index (χ1) is 15.2. The molecule has 0 aromatic rings. The van der Waals surface area contributed by atoms with Crippen molar-refractivity contribution in [2.24, 2.45) is 17.8 Å². The van der Waals surface area contributed by atoms with Gasteiger partial charge >= 0.3 is 0 Å². The van der Waals surface area contributed by atoms with Gasteiger partial charge in [0.05, 0.1) is 12.2 Å². The highest BCUT2D eigenvalue weighted by Gasteiger charge is 2.48. The zero-order chi connectivity index (χ0) is 21.5. The van der Waals surface area contributed by atoms with Crippen LogP contribution < -0.4 is 0 Å². The van der Waals surface area contributed by atoms with Crippen LogP contribution in [-0.2, 0) is 23.7 Å². The maximum Gasteiger partial charge on any atom is 0.158 e. The van der Waals surface area contributed by atoms with E-state index in [1.54, 1.807) is 0 Å². The minimum atomic E-state index is -0.0728. The van der Waals surface area contributed by atoms with Gasteiger partial charge in [-0.3, -0.25) is 4.79 Å². The van der Waals surface area contributed by atoms with Gasteiger partial charge in [-0.1, -0.05) is 38.3 Å². The summed E-state index contributed by atoms with van der Waals surface area (Å²) in [7, 11) is 0. The average Bonchev–Trinajstić information content (AvgIpc) is 3.29.